The average Bonchev–Trinajstić information content (AvgIpc) is 3.12. The minimum Gasteiger partial charge on any atom is -0.325 e. The van der Waals surface area contributed by atoms with Crippen molar-refractivity contribution in [1.82, 2.24) is 29.6 Å². The van der Waals surface area contributed by atoms with Crippen LogP contribution in [-0.4, -0.2) is 42.1 Å². The smallest absolute Gasteiger partial charge is 0.274 e. The summed E-state index contributed by atoms with van der Waals surface area (Å²) in [5, 5.41) is 4.66. The van der Waals surface area contributed by atoms with Crippen LogP contribution in [0.2, 0.25) is 0 Å². The molecule has 0 radical (unpaired) electrons. The van der Waals surface area contributed by atoms with Crippen LogP contribution in [0, 0.1) is 5.92 Å². The lowest BCUT2D eigenvalue weighted by Gasteiger charge is -2.37. The van der Waals surface area contributed by atoms with Gasteiger partial charge in [-0.25, -0.2) is 14.6 Å². The van der Waals surface area contributed by atoms with Crippen molar-refractivity contribution >= 4 is 5.91 Å². The molecule has 7 heteroatoms. The molecule has 132 valence electrons. The molecule has 1 atom stereocenters. The largest absolute Gasteiger partial charge is 0.325 e. The summed E-state index contributed by atoms with van der Waals surface area (Å²) in [4.78, 5) is 27.8. The van der Waals surface area contributed by atoms with Gasteiger partial charge in [0.05, 0.1) is 18.8 Å². The molecule has 0 bridgehead atoms. The quantitative estimate of drug-likeness (QED) is 0.727. The first kappa shape index (κ1) is 16.4. The third-order valence-electron chi connectivity index (χ3n) is 4.56. The first-order valence-corrected chi connectivity index (χ1v) is 8.72. The Bertz CT molecular complexity index is 906. The lowest BCUT2D eigenvalue weighted by atomic mass is 9.99. The summed E-state index contributed by atoms with van der Waals surface area (Å²) >= 11 is 0. The SMILES string of the molecule is CC(C)[C@H]1c2nc(-c3ccccc3)nn2CCN1C(=O)c1cnccn1. The van der Waals surface area contributed by atoms with E-state index in [9.17, 15) is 4.79 Å². The Morgan fingerprint density at radius 2 is 1.96 bits per heavy atom. The zero-order chi connectivity index (χ0) is 18.1. The number of carbonyl (C=O) groups is 1. The van der Waals surface area contributed by atoms with Crippen LogP contribution >= 0.6 is 0 Å². The van der Waals surface area contributed by atoms with Gasteiger partial charge in [-0.15, -0.1) is 0 Å². The topological polar surface area (TPSA) is 76.8 Å². The van der Waals surface area contributed by atoms with Crippen LogP contribution in [0.5, 0.6) is 0 Å². The van der Waals surface area contributed by atoms with Crippen LogP contribution < -0.4 is 0 Å². The molecule has 0 saturated heterocycles. The highest BCUT2D eigenvalue weighted by Crippen LogP contribution is 2.33. The monoisotopic (exact) mass is 348 g/mol. The van der Waals surface area contributed by atoms with Crippen LogP contribution in [0.25, 0.3) is 11.4 Å². The van der Waals surface area contributed by atoms with E-state index in [0.717, 1.165) is 11.4 Å². The van der Waals surface area contributed by atoms with Crippen molar-refractivity contribution in [2.24, 2.45) is 5.92 Å². The molecular formula is C19H20N6O. The fourth-order valence-corrected chi connectivity index (χ4v) is 3.37. The van der Waals surface area contributed by atoms with Crippen molar-refractivity contribution in [2.75, 3.05) is 6.54 Å². The number of rotatable bonds is 3. The molecule has 0 aliphatic carbocycles. The number of nitrogens with zero attached hydrogens (tertiary/aromatic N) is 6. The highest BCUT2D eigenvalue weighted by molar-refractivity contribution is 5.92. The number of amides is 1. The van der Waals surface area contributed by atoms with Crippen molar-refractivity contribution in [2.45, 2.75) is 26.4 Å². The molecule has 1 aliphatic heterocycles. The summed E-state index contributed by atoms with van der Waals surface area (Å²) in [6, 6.07) is 9.75. The Balaban J connectivity index is 1.72. The van der Waals surface area contributed by atoms with E-state index in [1.165, 1.54) is 12.4 Å². The minimum atomic E-state index is -0.150. The standard InChI is InChI=1S/C19H20N6O/c1-13(2)16-18-22-17(14-6-4-3-5-7-14)23-25(18)11-10-24(16)19(26)15-12-20-8-9-21-15/h3-9,12-13,16H,10-11H2,1-2H3/t16-/m0/s1. The summed E-state index contributed by atoms with van der Waals surface area (Å²) in [5.41, 5.74) is 1.33. The van der Waals surface area contributed by atoms with E-state index in [1.807, 2.05) is 39.9 Å². The molecule has 0 unspecified atom stereocenters. The van der Waals surface area contributed by atoms with Gasteiger partial charge in [0.25, 0.3) is 5.91 Å². The Morgan fingerprint density at radius 1 is 1.15 bits per heavy atom. The van der Waals surface area contributed by atoms with Crippen LogP contribution in [-0.2, 0) is 6.54 Å². The Labute approximate surface area is 151 Å². The number of hydrogen-bond acceptors (Lipinski definition) is 5. The van der Waals surface area contributed by atoms with Gasteiger partial charge >= 0.3 is 0 Å². The molecule has 3 aromatic rings. The lowest BCUT2D eigenvalue weighted by molar-refractivity contribution is 0.0530. The Kier molecular flexibility index (Phi) is 4.20. The van der Waals surface area contributed by atoms with Crippen molar-refractivity contribution in [3.63, 3.8) is 0 Å². The molecule has 3 heterocycles. The number of fused-ring (bicyclic) bond motifs is 1. The second kappa shape index (κ2) is 6.67. The molecule has 0 N–H and O–H groups in total. The van der Waals surface area contributed by atoms with Crippen molar-refractivity contribution < 1.29 is 4.79 Å². The van der Waals surface area contributed by atoms with Gasteiger partial charge in [0, 0.05) is 24.5 Å². The molecule has 0 spiro atoms. The number of hydrogen-bond donors (Lipinski definition) is 0. The molecule has 1 amide bonds. The van der Waals surface area contributed by atoms with Gasteiger partial charge in [0.1, 0.15) is 5.69 Å². The van der Waals surface area contributed by atoms with Crippen LogP contribution in [0.15, 0.2) is 48.9 Å². The maximum Gasteiger partial charge on any atom is 0.274 e. The van der Waals surface area contributed by atoms with E-state index in [0.29, 0.717) is 24.6 Å². The van der Waals surface area contributed by atoms with Gasteiger partial charge in [-0.2, -0.15) is 5.10 Å². The van der Waals surface area contributed by atoms with Gasteiger partial charge in [-0.05, 0) is 5.92 Å². The van der Waals surface area contributed by atoms with E-state index in [-0.39, 0.29) is 17.9 Å². The van der Waals surface area contributed by atoms with Crippen molar-refractivity contribution in [3.8, 4) is 11.4 Å². The molecule has 2 aromatic heterocycles. The van der Waals surface area contributed by atoms with Gasteiger partial charge in [0.2, 0.25) is 0 Å². The second-order valence-electron chi connectivity index (χ2n) is 6.66. The molecule has 1 aliphatic rings. The minimum absolute atomic E-state index is 0.118. The summed E-state index contributed by atoms with van der Waals surface area (Å²) in [5.74, 6) is 1.59. The first-order chi connectivity index (χ1) is 12.6. The fraction of sp³-hybridized carbons (Fsp3) is 0.316. The predicted octanol–water partition coefficient (Wildman–Crippen LogP) is 2.59. The molecule has 26 heavy (non-hydrogen) atoms. The summed E-state index contributed by atoms with van der Waals surface area (Å²) in [6.45, 7) is 5.37. The number of carbonyl (C=O) groups excluding carboxylic acids is 1. The molecular weight excluding hydrogens is 328 g/mol. The van der Waals surface area contributed by atoms with E-state index in [4.69, 9.17) is 4.98 Å². The van der Waals surface area contributed by atoms with Crippen LogP contribution in [0.4, 0.5) is 0 Å². The zero-order valence-corrected chi connectivity index (χ0v) is 14.8. The third-order valence-corrected chi connectivity index (χ3v) is 4.56. The number of aromatic nitrogens is 5. The summed E-state index contributed by atoms with van der Waals surface area (Å²) in [7, 11) is 0. The van der Waals surface area contributed by atoms with Gasteiger partial charge in [-0.3, -0.25) is 9.78 Å². The molecule has 0 fully saturated rings. The van der Waals surface area contributed by atoms with E-state index in [2.05, 4.69) is 28.9 Å². The lowest BCUT2D eigenvalue weighted by Crippen LogP contribution is -2.45. The Morgan fingerprint density at radius 3 is 2.65 bits per heavy atom. The van der Waals surface area contributed by atoms with Gasteiger partial charge in [-0.1, -0.05) is 44.2 Å². The second-order valence-corrected chi connectivity index (χ2v) is 6.66. The molecule has 1 aromatic carbocycles. The maximum absolute atomic E-state index is 13.0. The maximum atomic E-state index is 13.0. The van der Waals surface area contributed by atoms with Gasteiger partial charge in [0.15, 0.2) is 11.6 Å². The van der Waals surface area contributed by atoms with Crippen molar-refractivity contribution in [1.29, 1.82) is 0 Å². The summed E-state index contributed by atoms with van der Waals surface area (Å²) < 4.78 is 1.92. The van der Waals surface area contributed by atoms with Crippen LogP contribution in [0.3, 0.4) is 0 Å². The highest BCUT2D eigenvalue weighted by atomic mass is 16.2. The van der Waals surface area contributed by atoms with Gasteiger partial charge < -0.3 is 4.90 Å². The molecule has 4 rings (SSSR count). The summed E-state index contributed by atoms with van der Waals surface area (Å²) in [6.07, 6.45) is 4.61. The van der Waals surface area contributed by atoms with E-state index in [1.54, 1.807) is 6.20 Å². The average molecular weight is 348 g/mol. The van der Waals surface area contributed by atoms with Crippen LogP contribution in [0.1, 0.15) is 36.2 Å². The van der Waals surface area contributed by atoms with E-state index < -0.39 is 0 Å². The van der Waals surface area contributed by atoms with Crippen molar-refractivity contribution in [3.05, 3.63) is 60.4 Å². The first-order valence-electron chi connectivity index (χ1n) is 8.72. The number of benzene rings is 1. The normalized spacial score (nSPS) is 16.6. The predicted molar refractivity (Wildman–Crippen MR) is 96.1 cm³/mol. The highest BCUT2D eigenvalue weighted by Gasteiger charge is 2.36. The zero-order valence-electron chi connectivity index (χ0n) is 14.8. The Hall–Kier alpha value is -3.09. The molecule has 0 saturated carbocycles. The third kappa shape index (κ3) is 2.85. The molecule has 7 nitrogen and oxygen atoms in total. The van der Waals surface area contributed by atoms with E-state index >= 15 is 0 Å². The fourth-order valence-electron chi connectivity index (χ4n) is 3.37.